The highest BCUT2D eigenvalue weighted by molar-refractivity contribution is 7.98. The van der Waals surface area contributed by atoms with Crippen molar-refractivity contribution in [1.29, 1.82) is 0 Å². The van der Waals surface area contributed by atoms with Crippen molar-refractivity contribution in [1.82, 2.24) is 0 Å². The second-order valence-corrected chi connectivity index (χ2v) is 4.00. The zero-order valence-electron chi connectivity index (χ0n) is 7.75. The minimum absolute atomic E-state index is 0.0830. The van der Waals surface area contributed by atoms with Crippen molar-refractivity contribution < 1.29 is 9.47 Å². The molecule has 3 heteroatoms. The monoisotopic (exact) mass is 190 g/mol. The Balaban J connectivity index is 2.04. The molecular formula is C9H18O2S. The topological polar surface area (TPSA) is 18.5 Å². The summed E-state index contributed by atoms with van der Waals surface area (Å²) in [6.45, 7) is 1.70. The highest BCUT2D eigenvalue weighted by atomic mass is 32.2. The van der Waals surface area contributed by atoms with Gasteiger partial charge in [0.1, 0.15) is 0 Å². The first kappa shape index (κ1) is 10.4. The molecular weight excluding hydrogens is 172 g/mol. The lowest BCUT2D eigenvalue weighted by molar-refractivity contribution is -0.136. The molecule has 0 aliphatic carbocycles. The van der Waals surface area contributed by atoms with Crippen molar-refractivity contribution in [3.63, 3.8) is 0 Å². The molecule has 0 aromatic rings. The normalized spacial score (nSPS) is 25.2. The van der Waals surface area contributed by atoms with Crippen LogP contribution in [-0.4, -0.2) is 31.5 Å². The Bertz CT molecular complexity index is 101. The molecule has 0 aromatic heterocycles. The summed E-state index contributed by atoms with van der Waals surface area (Å²) in [4.78, 5) is 0. The van der Waals surface area contributed by atoms with E-state index in [4.69, 9.17) is 9.47 Å². The summed E-state index contributed by atoms with van der Waals surface area (Å²) in [6, 6.07) is 0. The van der Waals surface area contributed by atoms with Gasteiger partial charge in [-0.15, -0.1) is 0 Å². The molecule has 0 radical (unpaired) electrons. The van der Waals surface area contributed by atoms with Gasteiger partial charge in [-0.1, -0.05) is 6.42 Å². The van der Waals surface area contributed by atoms with Gasteiger partial charge in [-0.25, -0.2) is 0 Å². The smallest absolute Gasteiger partial charge is 0.157 e. The maximum absolute atomic E-state index is 5.56. The molecule has 2 nitrogen and oxygen atoms in total. The first-order valence-electron chi connectivity index (χ1n) is 4.65. The van der Waals surface area contributed by atoms with Crippen LogP contribution in [0.3, 0.4) is 0 Å². The van der Waals surface area contributed by atoms with Gasteiger partial charge in [0.05, 0.1) is 6.61 Å². The third-order valence-electron chi connectivity index (χ3n) is 1.98. The highest BCUT2D eigenvalue weighted by Crippen LogP contribution is 2.14. The Hall–Kier alpha value is 0.270. The van der Waals surface area contributed by atoms with E-state index >= 15 is 0 Å². The minimum atomic E-state index is 0.0830. The van der Waals surface area contributed by atoms with Crippen LogP contribution >= 0.6 is 11.8 Å². The Morgan fingerprint density at radius 2 is 2.33 bits per heavy atom. The van der Waals surface area contributed by atoms with E-state index in [1.807, 2.05) is 11.8 Å². The van der Waals surface area contributed by atoms with Crippen LogP contribution in [0.2, 0.25) is 0 Å². The summed E-state index contributed by atoms with van der Waals surface area (Å²) >= 11 is 1.81. The van der Waals surface area contributed by atoms with Crippen molar-refractivity contribution in [2.75, 3.05) is 25.2 Å². The molecule has 1 aliphatic heterocycles. The minimum Gasteiger partial charge on any atom is -0.353 e. The summed E-state index contributed by atoms with van der Waals surface area (Å²) in [7, 11) is 0. The molecule has 1 aliphatic rings. The zero-order chi connectivity index (χ0) is 8.65. The first-order chi connectivity index (χ1) is 5.93. The van der Waals surface area contributed by atoms with E-state index in [0.717, 1.165) is 25.4 Å². The van der Waals surface area contributed by atoms with Crippen molar-refractivity contribution >= 4 is 11.8 Å². The lowest BCUT2D eigenvalue weighted by Crippen LogP contribution is -2.17. The van der Waals surface area contributed by atoms with E-state index in [1.54, 1.807) is 0 Å². The van der Waals surface area contributed by atoms with E-state index in [9.17, 15) is 0 Å². The van der Waals surface area contributed by atoms with E-state index in [2.05, 4.69) is 6.26 Å². The van der Waals surface area contributed by atoms with Crippen molar-refractivity contribution in [3.05, 3.63) is 0 Å². The van der Waals surface area contributed by atoms with Gasteiger partial charge in [-0.05, 0) is 25.5 Å². The molecule has 72 valence electrons. The van der Waals surface area contributed by atoms with Crippen LogP contribution in [0.15, 0.2) is 0 Å². The molecule has 12 heavy (non-hydrogen) atoms. The molecule has 1 heterocycles. The second-order valence-electron chi connectivity index (χ2n) is 3.01. The first-order valence-corrected chi connectivity index (χ1v) is 6.05. The van der Waals surface area contributed by atoms with Gasteiger partial charge in [0, 0.05) is 12.4 Å². The summed E-state index contributed by atoms with van der Waals surface area (Å²) in [5.74, 6) is 1.07. The lowest BCUT2D eigenvalue weighted by atomic mass is 10.2. The van der Waals surface area contributed by atoms with Crippen molar-refractivity contribution in [2.45, 2.75) is 32.0 Å². The van der Waals surface area contributed by atoms with Crippen LogP contribution in [0.1, 0.15) is 25.7 Å². The van der Waals surface area contributed by atoms with Crippen LogP contribution in [0, 0.1) is 0 Å². The third kappa shape index (κ3) is 4.33. The van der Waals surface area contributed by atoms with E-state index < -0.39 is 0 Å². The van der Waals surface area contributed by atoms with Gasteiger partial charge < -0.3 is 9.47 Å². The quantitative estimate of drug-likeness (QED) is 0.634. The average Bonchev–Trinajstić information content (AvgIpc) is 2.33. The average molecular weight is 190 g/mol. The lowest BCUT2D eigenvalue weighted by Gasteiger charge is -2.14. The molecule has 0 saturated carbocycles. The Morgan fingerprint density at radius 1 is 1.42 bits per heavy atom. The van der Waals surface area contributed by atoms with E-state index in [1.165, 1.54) is 19.3 Å². The van der Waals surface area contributed by atoms with Gasteiger partial charge >= 0.3 is 0 Å². The third-order valence-corrected chi connectivity index (χ3v) is 2.55. The van der Waals surface area contributed by atoms with Crippen LogP contribution < -0.4 is 0 Å². The molecule has 1 fully saturated rings. The molecule has 0 aromatic carbocycles. The van der Waals surface area contributed by atoms with Gasteiger partial charge in [-0.3, -0.25) is 0 Å². The molecule has 0 bridgehead atoms. The largest absolute Gasteiger partial charge is 0.353 e. The van der Waals surface area contributed by atoms with Crippen LogP contribution in [0.25, 0.3) is 0 Å². The fraction of sp³-hybridized carbons (Fsp3) is 1.00. The maximum atomic E-state index is 5.56. The zero-order valence-corrected chi connectivity index (χ0v) is 8.57. The molecule has 1 atom stereocenters. The Morgan fingerprint density at radius 3 is 3.17 bits per heavy atom. The molecule has 1 saturated heterocycles. The number of hydrogen-bond acceptors (Lipinski definition) is 3. The predicted molar refractivity (Wildman–Crippen MR) is 52.5 cm³/mol. The van der Waals surface area contributed by atoms with Crippen molar-refractivity contribution in [3.8, 4) is 0 Å². The Kier molecular flexibility index (Phi) is 5.82. The van der Waals surface area contributed by atoms with Crippen LogP contribution in [0.5, 0.6) is 0 Å². The van der Waals surface area contributed by atoms with Gasteiger partial charge in [-0.2, -0.15) is 11.8 Å². The summed E-state index contributed by atoms with van der Waals surface area (Å²) in [5, 5.41) is 0. The maximum Gasteiger partial charge on any atom is 0.157 e. The number of hydrogen-bond donors (Lipinski definition) is 0. The fourth-order valence-electron chi connectivity index (χ4n) is 1.28. The van der Waals surface area contributed by atoms with Gasteiger partial charge in [0.2, 0.25) is 0 Å². The standard InChI is InChI=1S/C9H18O2S/c1-12-8-7-11-9-5-3-2-4-6-10-9/h9H,2-8H2,1H3. The molecule has 0 N–H and O–H groups in total. The summed E-state index contributed by atoms with van der Waals surface area (Å²) < 4.78 is 11.1. The molecule has 1 rings (SSSR count). The summed E-state index contributed by atoms with van der Waals surface area (Å²) in [5.41, 5.74) is 0. The molecule has 1 unspecified atom stereocenters. The second kappa shape index (κ2) is 6.75. The SMILES string of the molecule is CSCCOC1CCCCCO1. The summed E-state index contributed by atoms with van der Waals surface area (Å²) in [6.07, 6.45) is 7.00. The number of ether oxygens (including phenoxy) is 2. The number of rotatable bonds is 4. The molecule has 0 amide bonds. The molecule has 0 spiro atoms. The van der Waals surface area contributed by atoms with E-state index in [-0.39, 0.29) is 6.29 Å². The highest BCUT2D eigenvalue weighted by Gasteiger charge is 2.11. The van der Waals surface area contributed by atoms with Crippen molar-refractivity contribution in [2.24, 2.45) is 0 Å². The number of thioether (sulfide) groups is 1. The van der Waals surface area contributed by atoms with Crippen LogP contribution in [0.4, 0.5) is 0 Å². The van der Waals surface area contributed by atoms with Gasteiger partial charge in [0.15, 0.2) is 6.29 Å². The predicted octanol–water partition coefficient (Wildman–Crippen LogP) is 2.28. The van der Waals surface area contributed by atoms with Crippen LogP contribution in [-0.2, 0) is 9.47 Å². The Labute approximate surface area is 79.0 Å². The fourth-order valence-corrected chi connectivity index (χ4v) is 1.55. The van der Waals surface area contributed by atoms with Gasteiger partial charge in [0.25, 0.3) is 0 Å². The van der Waals surface area contributed by atoms with E-state index in [0.29, 0.717) is 0 Å².